The molecule has 0 aliphatic carbocycles. The van der Waals surface area contributed by atoms with Crippen LogP contribution in [0.3, 0.4) is 0 Å². The maximum absolute atomic E-state index is 12.6. The average molecular weight is 275 g/mol. The average Bonchev–Trinajstić information content (AvgIpc) is 2.15. The number of rotatable bonds is 2. The quantitative estimate of drug-likeness (QED) is 0.677. The van der Waals surface area contributed by atoms with Crippen LogP contribution in [0.25, 0.3) is 5.57 Å². The van der Waals surface area contributed by atoms with Crippen molar-refractivity contribution in [2.75, 3.05) is 0 Å². The van der Waals surface area contributed by atoms with Crippen LogP contribution in [0.5, 0.6) is 0 Å². The van der Waals surface area contributed by atoms with E-state index in [9.17, 15) is 26.3 Å². The van der Waals surface area contributed by atoms with Gasteiger partial charge in [0.15, 0.2) is 5.29 Å². The van der Waals surface area contributed by atoms with Gasteiger partial charge < -0.3 is 0 Å². The summed E-state index contributed by atoms with van der Waals surface area (Å²) in [4.78, 5) is 0. The summed E-state index contributed by atoms with van der Waals surface area (Å²) in [6.07, 6.45) is -7.78. The molecule has 17 heavy (non-hydrogen) atoms. The molecule has 0 unspecified atom stereocenters. The second-order valence-electron chi connectivity index (χ2n) is 3.05. The fourth-order valence-corrected chi connectivity index (χ4v) is 1.35. The predicted molar refractivity (Wildman–Crippen MR) is 51.3 cm³/mol. The van der Waals surface area contributed by atoms with Gasteiger partial charge in [0.2, 0.25) is 0 Å². The highest BCUT2D eigenvalue weighted by Gasteiger charge is 2.30. The molecular formula is C10H5ClF6. The van der Waals surface area contributed by atoms with E-state index in [4.69, 9.17) is 11.6 Å². The van der Waals surface area contributed by atoms with Crippen LogP contribution < -0.4 is 0 Å². The fourth-order valence-electron chi connectivity index (χ4n) is 1.16. The van der Waals surface area contributed by atoms with Gasteiger partial charge in [0.1, 0.15) is 0 Å². The lowest BCUT2D eigenvalue weighted by molar-refractivity contribution is -0.137. The molecule has 0 nitrogen and oxygen atoms in total. The molecule has 0 atom stereocenters. The number of halogens is 7. The number of alkyl halides is 5. The number of hydrogen-bond acceptors (Lipinski definition) is 0. The van der Waals surface area contributed by atoms with E-state index in [0.29, 0.717) is 12.1 Å². The summed E-state index contributed by atoms with van der Waals surface area (Å²) in [7, 11) is 0. The van der Waals surface area contributed by atoms with Crippen molar-refractivity contribution in [3.63, 3.8) is 0 Å². The Morgan fingerprint density at radius 2 is 1.53 bits per heavy atom. The van der Waals surface area contributed by atoms with E-state index < -0.39 is 29.0 Å². The molecule has 1 aromatic rings. The van der Waals surface area contributed by atoms with Gasteiger partial charge in [0.25, 0.3) is 6.43 Å². The largest absolute Gasteiger partial charge is 0.416 e. The third kappa shape index (κ3) is 3.39. The summed E-state index contributed by atoms with van der Waals surface area (Å²) < 4.78 is 73.8. The van der Waals surface area contributed by atoms with Crippen molar-refractivity contribution in [3.05, 3.63) is 40.7 Å². The molecule has 0 saturated carbocycles. The minimum Gasteiger partial charge on any atom is -0.205 e. The second-order valence-corrected chi connectivity index (χ2v) is 3.38. The van der Waals surface area contributed by atoms with Gasteiger partial charge in [-0.15, -0.1) is 0 Å². The Labute approximate surface area is 97.5 Å². The Morgan fingerprint density at radius 3 is 1.82 bits per heavy atom. The van der Waals surface area contributed by atoms with Crippen LogP contribution >= 0.6 is 11.6 Å². The lowest BCUT2D eigenvalue weighted by Gasteiger charge is -2.09. The standard InChI is InChI=1S/C10H5ClF6/c11-8(12)7(9(13)14)5-1-3-6(4-2-5)10(15,16)17/h1-4,9H. The fraction of sp³-hybridized carbons (Fsp3) is 0.200. The molecule has 7 heteroatoms. The van der Waals surface area contributed by atoms with Crippen LogP contribution in [-0.2, 0) is 6.18 Å². The van der Waals surface area contributed by atoms with E-state index in [1.165, 1.54) is 0 Å². The smallest absolute Gasteiger partial charge is 0.205 e. The summed E-state index contributed by atoms with van der Waals surface area (Å²) in [5.74, 6) is 0. The van der Waals surface area contributed by atoms with Crippen LogP contribution in [0, 0.1) is 0 Å². The topological polar surface area (TPSA) is 0 Å². The zero-order chi connectivity index (χ0) is 13.2. The predicted octanol–water partition coefficient (Wildman–Crippen LogP) is 4.85. The normalized spacial score (nSPS) is 13.9. The van der Waals surface area contributed by atoms with E-state index in [-0.39, 0.29) is 5.56 Å². The van der Waals surface area contributed by atoms with Gasteiger partial charge >= 0.3 is 6.18 Å². The number of hydrogen-bond donors (Lipinski definition) is 0. The van der Waals surface area contributed by atoms with Gasteiger partial charge in [-0.3, -0.25) is 0 Å². The maximum Gasteiger partial charge on any atom is 0.416 e. The Balaban J connectivity index is 3.15. The van der Waals surface area contributed by atoms with Gasteiger partial charge in [-0.1, -0.05) is 23.7 Å². The molecule has 94 valence electrons. The molecule has 0 heterocycles. The molecule has 0 aromatic heterocycles. The van der Waals surface area contributed by atoms with Gasteiger partial charge in [-0.25, -0.2) is 8.78 Å². The molecule has 0 spiro atoms. The highest BCUT2D eigenvalue weighted by atomic mass is 35.5. The van der Waals surface area contributed by atoms with Crippen LogP contribution in [0.15, 0.2) is 29.6 Å². The van der Waals surface area contributed by atoms with E-state index in [1.807, 2.05) is 0 Å². The van der Waals surface area contributed by atoms with Crippen molar-refractivity contribution in [3.8, 4) is 0 Å². The first kappa shape index (κ1) is 13.9. The number of allylic oxidation sites excluding steroid dienone is 1. The molecule has 1 rings (SSSR count). The van der Waals surface area contributed by atoms with Crippen LogP contribution in [0.1, 0.15) is 11.1 Å². The van der Waals surface area contributed by atoms with Crippen LogP contribution in [0.2, 0.25) is 0 Å². The van der Waals surface area contributed by atoms with Crippen molar-refractivity contribution in [1.29, 1.82) is 0 Å². The molecule has 0 bridgehead atoms. The van der Waals surface area contributed by atoms with Crippen LogP contribution in [0.4, 0.5) is 26.3 Å². The van der Waals surface area contributed by atoms with E-state index in [2.05, 4.69) is 0 Å². The first-order valence-electron chi connectivity index (χ1n) is 4.24. The van der Waals surface area contributed by atoms with Crippen molar-refractivity contribution in [2.45, 2.75) is 12.6 Å². The first-order chi connectivity index (χ1) is 7.73. The lowest BCUT2D eigenvalue weighted by Crippen LogP contribution is -2.05. The van der Waals surface area contributed by atoms with Crippen LogP contribution in [-0.4, -0.2) is 6.43 Å². The molecule has 0 radical (unpaired) electrons. The molecule has 1 aromatic carbocycles. The molecule has 0 aliphatic rings. The van der Waals surface area contributed by atoms with E-state index in [1.54, 1.807) is 0 Å². The van der Waals surface area contributed by atoms with E-state index in [0.717, 1.165) is 12.1 Å². The second kappa shape index (κ2) is 5.00. The molecule has 0 amide bonds. The zero-order valence-corrected chi connectivity index (χ0v) is 8.79. The molecule has 0 fully saturated rings. The highest BCUT2D eigenvalue weighted by Crippen LogP contribution is 2.33. The Hall–Kier alpha value is -1.17. The van der Waals surface area contributed by atoms with Crippen molar-refractivity contribution >= 4 is 17.2 Å². The van der Waals surface area contributed by atoms with Crippen molar-refractivity contribution < 1.29 is 26.3 Å². The molecule has 0 N–H and O–H groups in total. The van der Waals surface area contributed by atoms with Gasteiger partial charge in [-0.05, 0) is 17.7 Å². The Kier molecular flexibility index (Phi) is 4.08. The summed E-state index contributed by atoms with van der Waals surface area (Å²) in [6, 6.07) is 2.65. The summed E-state index contributed by atoms with van der Waals surface area (Å²) >= 11 is 4.81. The van der Waals surface area contributed by atoms with Gasteiger partial charge in [0.05, 0.1) is 11.1 Å². The number of benzene rings is 1. The third-order valence-electron chi connectivity index (χ3n) is 1.95. The lowest BCUT2D eigenvalue weighted by atomic mass is 10.1. The molecule has 0 saturated heterocycles. The molecular weight excluding hydrogens is 270 g/mol. The van der Waals surface area contributed by atoms with Crippen molar-refractivity contribution in [1.82, 2.24) is 0 Å². The van der Waals surface area contributed by atoms with Gasteiger partial charge in [-0.2, -0.15) is 17.6 Å². The monoisotopic (exact) mass is 274 g/mol. The summed E-state index contributed by atoms with van der Waals surface area (Å²) in [5, 5.41) is -1.64. The van der Waals surface area contributed by atoms with Crippen molar-refractivity contribution in [2.24, 2.45) is 0 Å². The Morgan fingerprint density at radius 1 is 1.06 bits per heavy atom. The maximum atomic E-state index is 12.6. The minimum absolute atomic E-state index is 0.388. The minimum atomic E-state index is -4.58. The Bertz CT molecular complexity index is 413. The summed E-state index contributed by atoms with van der Waals surface area (Å²) in [5.41, 5.74) is -2.52. The highest BCUT2D eigenvalue weighted by molar-refractivity contribution is 6.31. The van der Waals surface area contributed by atoms with E-state index >= 15 is 0 Å². The zero-order valence-electron chi connectivity index (χ0n) is 8.03. The van der Waals surface area contributed by atoms with Gasteiger partial charge in [0, 0.05) is 0 Å². The third-order valence-corrected chi connectivity index (χ3v) is 2.15. The first-order valence-corrected chi connectivity index (χ1v) is 4.62. The molecule has 0 aliphatic heterocycles. The summed E-state index contributed by atoms with van der Waals surface area (Å²) in [6.45, 7) is 0. The SMILES string of the molecule is FC(Cl)=C(c1ccc(C(F)(F)F)cc1)C(F)F.